The maximum Gasteiger partial charge on any atom is 0.294 e. The molecule has 0 unspecified atom stereocenters. The Hall–Kier alpha value is -2.58. The minimum Gasteiger partial charge on any atom is -0.351 e. The molecule has 0 saturated carbocycles. The summed E-state index contributed by atoms with van der Waals surface area (Å²) in [6.45, 7) is 2.06. The first-order chi connectivity index (χ1) is 9.20. The van der Waals surface area contributed by atoms with Crippen LogP contribution >= 0.6 is 0 Å². The highest BCUT2D eigenvalue weighted by Crippen LogP contribution is 2.13. The predicted octanol–water partition coefficient (Wildman–Crippen LogP) is 1.55. The fourth-order valence-electron chi connectivity index (χ4n) is 1.52. The van der Waals surface area contributed by atoms with Crippen molar-refractivity contribution in [2.24, 2.45) is 5.73 Å². The normalized spacial score (nSPS) is 9.58. The van der Waals surface area contributed by atoms with Crippen molar-refractivity contribution in [2.45, 2.75) is 6.92 Å². The van der Waals surface area contributed by atoms with E-state index in [0.29, 0.717) is 17.8 Å². The van der Waals surface area contributed by atoms with E-state index in [0.717, 1.165) is 5.56 Å². The second-order valence-corrected chi connectivity index (χ2v) is 3.88. The van der Waals surface area contributed by atoms with Crippen molar-refractivity contribution >= 4 is 11.6 Å². The molecule has 2 rings (SSSR count). The fourth-order valence-corrected chi connectivity index (χ4v) is 1.52. The van der Waals surface area contributed by atoms with E-state index < -0.39 is 0 Å². The van der Waals surface area contributed by atoms with Gasteiger partial charge in [-0.1, -0.05) is 23.1 Å². The predicted molar refractivity (Wildman–Crippen MR) is 71.6 cm³/mol. The molecular weight excluding hydrogens is 242 g/mol. The van der Waals surface area contributed by atoms with Crippen molar-refractivity contribution in [3.63, 3.8) is 0 Å². The average molecular weight is 255 g/mol. The molecule has 0 saturated heterocycles. The lowest BCUT2D eigenvalue weighted by atomic mass is 10.2. The van der Waals surface area contributed by atoms with E-state index in [1.54, 1.807) is 19.1 Å². The lowest BCUT2D eigenvalue weighted by molar-refractivity contribution is 0.0987. The van der Waals surface area contributed by atoms with Crippen LogP contribution in [0, 0.1) is 18.8 Å². The zero-order valence-corrected chi connectivity index (χ0v) is 10.4. The van der Waals surface area contributed by atoms with Crippen molar-refractivity contribution in [3.05, 3.63) is 47.3 Å². The number of benzene rings is 1. The highest BCUT2D eigenvalue weighted by Gasteiger charge is 2.14. The van der Waals surface area contributed by atoms with Gasteiger partial charge in [-0.3, -0.25) is 4.79 Å². The van der Waals surface area contributed by atoms with E-state index in [-0.39, 0.29) is 11.7 Å². The molecule has 0 aliphatic rings. The Balaban J connectivity index is 2.15. The average Bonchev–Trinajstić information content (AvgIpc) is 2.83. The van der Waals surface area contributed by atoms with Crippen LogP contribution in [0.4, 0.5) is 5.69 Å². The van der Waals surface area contributed by atoms with Gasteiger partial charge in [-0.25, -0.2) is 0 Å². The first-order valence-corrected chi connectivity index (χ1v) is 5.72. The Labute approximate surface area is 110 Å². The van der Waals surface area contributed by atoms with Gasteiger partial charge in [0.25, 0.3) is 5.91 Å². The van der Waals surface area contributed by atoms with Crippen LogP contribution in [0.3, 0.4) is 0 Å². The Morgan fingerprint density at radius 1 is 1.53 bits per heavy atom. The van der Waals surface area contributed by atoms with Gasteiger partial charge in [0.1, 0.15) is 0 Å². The van der Waals surface area contributed by atoms with Gasteiger partial charge in [0.05, 0.1) is 12.7 Å². The Kier molecular flexibility index (Phi) is 3.96. The number of rotatable bonds is 2. The lowest BCUT2D eigenvalue weighted by Crippen LogP contribution is -2.12. The van der Waals surface area contributed by atoms with Crippen LogP contribution in [0.1, 0.15) is 21.7 Å². The van der Waals surface area contributed by atoms with E-state index in [9.17, 15) is 4.79 Å². The summed E-state index contributed by atoms with van der Waals surface area (Å²) in [7, 11) is 0. The number of nitrogens with one attached hydrogen (secondary N) is 1. The fraction of sp³-hybridized carbons (Fsp3) is 0.143. The Morgan fingerprint density at radius 2 is 2.37 bits per heavy atom. The molecular formula is C14H13N3O2. The maximum atomic E-state index is 11.9. The van der Waals surface area contributed by atoms with Crippen molar-refractivity contribution in [1.82, 2.24) is 5.16 Å². The van der Waals surface area contributed by atoms with Gasteiger partial charge in [0, 0.05) is 16.8 Å². The molecule has 1 aromatic carbocycles. The zero-order valence-electron chi connectivity index (χ0n) is 10.4. The Morgan fingerprint density at radius 3 is 3.05 bits per heavy atom. The summed E-state index contributed by atoms with van der Waals surface area (Å²) in [4.78, 5) is 11.9. The largest absolute Gasteiger partial charge is 0.351 e. The smallest absolute Gasteiger partial charge is 0.294 e. The van der Waals surface area contributed by atoms with Crippen LogP contribution in [0.5, 0.6) is 0 Å². The van der Waals surface area contributed by atoms with Crippen molar-refractivity contribution < 1.29 is 9.32 Å². The van der Waals surface area contributed by atoms with Gasteiger partial charge in [-0.05, 0) is 25.1 Å². The third-order valence-electron chi connectivity index (χ3n) is 2.41. The molecule has 1 heterocycles. The number of nitrogens with two attached hydrogens (primary N) is 1. The van der Waals surface area contributed by atoms with E-state index in [1.165, 1.54) is 6.20 Å². The summed E-state index contributed by atoms with van der Waals surface area (Å²) in [5, 5.41) is 6.30. The molecule has 0 radical (unpaired) electrons. The molecule has 2 aromatic rings. The summed E-state index contributed by atoms with van der Waals surface area (Å²) in [5.41, 5.74) is 7.44. The molecule has 5 heteroatoms. The maximum absolute atomic E-state index is 11.9. The number of hydrogen-bond acceptors (Lipinski definition) is 4. The van der Waals surface area contributed by atoms with E-state index in [2.05, 4.69) is 22.3 Å². The van der Waals surface area contributed by atoms with Gasteiger partial charge in [0.15, 0.2) is 0 Å². The summed E-state index contributed by atoms with van der Waals surface area (Å²) >= 11 is 0. The number of aromatic nitrogens is 1. The first kappa shape index (κ1) is 12.9. The van der Waals surface area contributed by atoms with Crippen LogP contribution in [-0.4, -0.2) is 17.6 Å². The molecule has 19 heavy (non-hydrogen) atoms. The molecule has 3 N–H and O–H groups in total. The molecule has 96 valence electrons. The second kappa shape index (κ2) is 5.85. The molecule has 1 amide bonds. The van der Waals surface area contributed by atoms with Crippen molar-refractivity contribution in [2.75, 3.05) is 11.9 Å². The quantitative estimate of drug-likeness (QED) is 0.798. The minimum absolute atomic E-state index is 0.207. The number of amides is 1. The van der Waals surface area contributed by atoms with Gasteiger partial charge in [0.2, 0.25) is 5.76 Å². The molecule has 1 aromatic heterocycles. The van der Waals surface area contributed by atoms with Gasteiger partial charge in [-0.2, -0.15) is 0 Å². The van der Waals surface area contributed by atoms with Gasteiger partial charge >= 0.3 is 0 Å². The topological polar surface area (TPSA) is 81.2 Å². The van der Waals surface area contributed by atoms with Crippen molar-refractivity contribution in [1.29, 1.82) is 0 Å². The summed E-state index contributed by atoms with van der Waals surface area (Å²) in [6, 6.07) is 7.20. The highest BCUT2D eigenvalue weighted by molar-refractivity contribution is 6.03. The monoisotopic (exact) mass is 255 g/mol. The minimum atomic E-state index is -0.334. The lowest BCUT2D eigenvalue weighted by Gasteiger charge is -2.03. The second-order valence-electron chi connectivity index (χ2n) is 3.88. The summed E-state index contributed by atoms with van der Waals surface area (Å²) in [5.74, 6) is 5.53. The third kappa shape index (κ3) is 3.21. The van der Waals surface area contributed by atoms with Crippen LogP contribution in [0.2, 0.25) is 0 Å². The number of carbonyl (C=O) groups is 1. The van der Waals surface area contributed by atoms with E-state index >= 15 is 0 Å². The van der Waals surface area contributed by atoms with Crippen LogP contribution in [0.25, 0.3) is 0 Å². The van der Waals surface area contributed by atoms with Crippen LogP contribution in [0.15, 0.2) is 35.0 Å². The van der Waals surface area contributed by atoms with Gasteiger partial charge in [-0.15, -0.1) is 0 Å². The number of anilines is 1. The summed E-state index contributed by atoms with van der Waals surface area (Å²) < 4.78 is 4.89. The van der Waals surface area contributed by atoms with E-state index in [4.69, 9.17) is 10.3 Å². The molecule has 0 aliphatic carbocycles. The van der Waals surface area contributed by atoms with Crippen molar-refractivity contribution in [3.8, 4) is 11.8 Å². The standard InChI is InChI=1S/C14H13N3O2/c1-10-9-16-19-13(10)14(18)17-12-6-2-4-11(8-12)5-3-7-15/h2,4,6,8-9H,7,15H2,1H3,(H,17,18). The molecule has 5 nitrogen and oxygen atoms in total. The third-order valence-corrected chi connectivity index (χ3v) is 2.41. The number of hydrogen-bond donors (Lipinski definition) is 2. The number of carbonyl (C=O) groups excluding carboxylic acids is 1. The molecule has 0 spiro atoms. The number of nitrogens with zero attached hydrogens (tertiary/aromatic N) is 1. The molecule has 0 atom stereocenters. The zero-order chi connectivity index (χ0) is 13.7. The summed E-state index contributed by atoms with van der Waals surface area (Å²) in [6.07, 6.45) is 1.50. The Bertz CT molecular complexity index is 650. The van der Waals surface area contributed by atoms with Crippen LogP contribution in [-0.2, 0) is 0 Å². The van der Waals surface area contributed by atoms with Crippen LogP contribution < -0.4 is 11.1 Å². The SMILES string of the molecule is Cc1cnoc1C(=O)Nc1cccc(C#CCN)c1. The highest BCUT2D eigenvalue weighted by atomic mass is 16.5. The number of aryl methyl sites for hydroxylation is 1. The van der Waals surface area contributed by atoms with Gasteiger partial charge < -0.3 is 15.6 Å². The molecule has 0 aliphatic heterocycles. The molecule has 0 fully saturated rings. The van der Waals surface area contributed by atoms with E-state index in [1.807, 2.05) is 12.1 Å². The first-order valence-electron chi connectivity index (χ1n) is 5.72. The molecule has 0 bridgehead atoms.